The predicted molar refractivity (Wildman–Crippen MR) is 26.0 cm³/mol. The van der Waals surface area contributed by atoms with Gasteiger partial charge in [-0.15, -0.1) is 0 Å². The standard InChI is InChI=1S/C4H8IN2O/c1-5-7-3-2-6-4(7)8/h2-3H2,1H3,(H,6,8)/q-1. The van der Waals surface area contributed by atoms with Crippen molar-refractivity contribution in [2.24, 2.45) is 0 Å². The number of rotatable bonds is 1. The van der Waals surface area contributed by atoms with E-state index in [1.807, 2.05) is 3.11 Å². The summed E-state index contributed by atoms with van der Waals surface area (Å²) < 4.78 is 1.89. The molecule has 1 fully saturated rings. The van der Waals surface area contributed by atoms with Gasteiger partial charge in [-0.1, -0.05) is 0 Å². The van der Waals surface area contributed by atoms with Gasteiger partial charge in [0.2, 0.25) is 0 Å². The van der Waals surface area contributed by atoms with Crippen LogP contribution in [0.5, 0.6) is 0 Å². The number of hydrogen-bond acceptors (Lipinski definition) is 1. The summed E-state index contributed by atoms with van der Waals surface area (Å²) in [5.41, 5.74) is 0. The molecule has 0 aromatic rings. The SMILES string of the molecule is C[I-]N1CCNC1=O. The number of nitrogens with one attached hydrogen (secondary N) is 1. The molecular weight excluding hydrogens is 219 g/mol. The Bertz CT molecular complexity index is 106. The molecule has 0 aromatic carbocycles. The second-order valence-corrected chi connectivity index (χ2v) is 3.62. The number of urea groups is 1. The third-order valence-electron chi connectivity index (χ3n) is 1.01. The molecule has 1 aliphatic heterocycles. The number of carbonyl (C=O) groups excluding carboxylic acids is 1. The van der Waals surface area contributed by atoms with Gasteiger partial charge < -0.3 is 0 Å². The summed E-state index contributed by atoms with van der Waals surface area (Å²) in [4.78, 5) is 12.7. The fourth-order valence-electron chi connectivity index (χ4n) is 0.610. The Morgan fingerprint density at radius 3 is 2.88 bits per heavy atom. The van der Waals surface area contributed by atoms with Crippen LogP contribution in [0, 0.1) is 0 Å². The van der Waals surface area contributed by atoms with Gasteiger partial charge >= 0.3 is 58.8 Å². The quantitative estimate of drug-likeness (QED) is 0.283. The Morgan fingerprint density at radius 2 is 2.62 bits per heavy atom. The molecule has 0 spiro atoms. The second-order valence-electron chi connectivity index (χ2n) is 1.49. The molecule has 1 N–H and O–H groups in total. The van der Waals surface area contributed by atoms with Crippen LogP contribution >= 0.6 is 0 Å². The molecule has 1 aliphatic rings. The monoisotopic (exact) mass is 227 g/mol. The zero-order valence-electron chi connectivity index (χ0n) is 4.65. The summed E-state index contributed by atoms with van der Waals surface area (Å²) in [6.07, 6.45) is 0. The molecule has 0 atom stereocenters. The molecule has 4 heteroatoms. The summed E-state index contributed by atoms with van der Waals surface area (Å²) in [7, 11) is 0. The van der Waals surface area contributed by atoms with Crippen molar-refractivity contribution < 1.29 is 26.3 Å². The molecule has 0 unspecified atom stereocenters. The molecule has 48 valence electrons. The fraction of sp³-hybridized carbons (Fsp3) is 0.750. The molecule has 2 amide bonds. The molecule has 0 bridgehead atoms. The van der Waals surface area contributed by atoms with Crippen LogP contribution < -0.4 is 26.8 Å². The molecule has 0 aromatic heterocycles. The van der Waals surface area contributed by atoms with Gasteiger partial charge in [0.15, 0.2) is 0 Å². The van der Waals surface area contributed by atoms with E-state index in [0.29, 0.717) is 0 Å². The maximum atomic E-state index is 10.6. The number of carbonyl (C=O) groups is 1. The van der Waals surface area contributed by atoms with Crippen molar-refractivity contribution in [3.63, 3.8) is 0 Å². The Kier molecular flexibility index (Phi) is 1.93. The third kappa shape index (κ3) is 1.04. The molecule has 1 saturated heterocycles. The van der Waals surface area contributed by atoms with Crippen LogP contribution in [-0.2, 0) is 0 Å². The average Bonchev–Trinajstić information content (AvgIpc) is 2.14. The summed E-state index contributed by atoms with van der Waals surface area (Å²) in [6, 6.07) is 0.125. The maximum absolute atomic E-state index is 10.6. The third-order valence-corrected chi connectivity index (χ3v) is 3.09. The van der Waals surface area contributed by atoms with Crippen molar-refractivity contribution in [1.29, 1.82) is 0 Å². The summed E-state index contributed by atoms with van der Waals surface area (Å²) >= 11 is -0.0150. The van der Waals surface area contributed by atoms with Crippen LogP contribution in [0.2, 0.25) is 0 Å². The van der Waals surface area contributed by atoms with E-state index in [1.165, 1.54) is 0 Å². The van der Waals surface area contributed by atoms with Crippen LogP contribution in [0.3, 0.4) is 0 Å². The van der Waals surface area contributed by atoms with Gasteiger partial charge in [-0.25, -0.2) is 0 Å². The molecule has 1 heterocycles. The zero-order valence-corrected chi connectivity index (χ0v) is 6.81. The van der Waals surface area contributed by atoms with E-state index in [4.69, 9.17) is 0 Å². The van der Waals surface area contributed by atoms with Crippen LogP contribution in [0.1, 0.15) is 0 Å². The predicted octanol–water partition coefficient (Wildman–Crippen LogP) is -3.35. The van der Waals surface area contributed by atoms with Gasteiger partial charge in [-0.2, -0.15) is 0 Å². The van der Waals surface area contributed by atoms with Gasteiger partial charge in [0, 0.05) is 0 Å². The van der Waals surface area contributed by atoms with Crippen LogP contribution in [0.25, 0.3) is 0 Å². The van der Waals surface area contributed by atoms with Crippen LogP contribution in [0.4, 0.5) is 4.79 Å². The van der Waals surface area contributed by atoms with Crippen molar-refractivity contribution >= 4 is 6.03 Å². The fourth-order valence-corrected chi connectivity index (χ4v) is 1.94. The topological polar surface area (TPSA) is 32.3 Å². The van der Waals surface area contributed by atoms with Gasteiger partial charge in [0.05, 0.1) is 0 Å². The number of amides is 2. The zero-order chi connectivity index (χ0) is 5.98. The first-order valence-corrected chi connectivity index (χ1v) is 5.52. The van der Waals surface area contributed by atoms with Gasteiger partial charge in [-0.3, -0.25) is 0 Å². The van der Waals surface area contributed by atoms with Gasteiger partial charge in [0.25, 0.3) is 0 Å². The number of nitrogens with zero attached hydrogens (tertiary/aromatic N) is 1. The molecule has 0 radical (unpaired) electrons. The molecule has 1 rings (SSSR count). The van der Waals surface area contributed by atoms with Crippen molar-refractivity contribution in [1.82, 2.24) is 8.43 Å². The molecule has 8 heavy (non-hydrogen) atoms. The van der Waals surface area contributed by atoms with E-state index >= 15 is 0 Å². The van der Waals surface area contributed by atoms with Crippen LogP contribution in [-0.4, -0.2) is 27.2 Å². The first kappa shape index (κ1) is 6.12. The summed E-state index contributed by atoms with van der Waals surface area (Å²) in [6.45, 7) is 1.76. The normalized spacial score (nSPS) is 19.6. The number of halogens is 1. The molecular formula is C4H8IN2O-. The Labute approximate surface area is 59.0 Å². The Morgan fingerprint density at radius 1 is 1.88 bits per heavy atom. The first-order chi connectivity index (χ1) is 3.84. The van der Waals surface area contributed by atoms with Crippen molar-refractivity contribution in [2.45, 2.75) is 0 Å². The average molecular weight is 227 g/mol. The van der Waals surface area contributed by atoms with Gasteiger partial charge in [-0.05, 0) is 0 Å². The van der Waals surface area contributed by atoms with Crippen LogP contribution in [0.15, 0.2) is 0 Å². The number of alkyl halides is 1. The summed E-state index contributed by atoms with van der Waals surface area (Å²) in [5, 5.41) is 2.74. The second kappa shape index (κ2) is 2.52. The van der Waals surface area contributed by atoms with Crippen molar-refractivity contribution in [2.75, 3.05) is 18.0 Å². The Hall–Kier alpha value is 0. The molecule has 0 aliphatic carbocycles. The van der Waals surface area contributed by atoms with E-state index in [1.54, 1.807) is 0 Å². The van der Waals surface area contributed by atoms with Crippen molar-refractivity contribution in [3.8, 4) is 0 Å². The number of hydrogen-bond donors (Lipinski definition) is 1. The van der Waals surface area contributed by atoms with E-state index < -0.39 is 0 Å². The van der Waals surface area contributed by atoms with Gasteiger partial charge in [0.1, 0.15) is 0 Å². The van der Waals surface area contributed by atoms with E-state index in [0.717, 1.165) is 13.1 Å². The molecule has 0 saturated carbocycles. The van der Waals surface area contributed by atoms with Crippen molar-refractivity contribution in [3.05, 3.63) is 0 Å². The summed E-state index contributed by atoms with van der Waals surface area (Å²) in [5.74, 6) is 0. The Balaban J connectivity index is 2.42. The van der Waals surface area contributed by atoms with E-state index in [2.05, 4.69) is 10.2 Å². The van der Waals surface area contributed by atoms with E-state index in [9.17, 15) is 4.79 Å². The molecule has 3 nitrogen and oxygen atoms in total. The minimum atomic E-state index is -0.0150. The first-order valence-electron chi connectivity index (χ1n) is 2.39. The minimum absolute atomic E-state index is 0.0150. The van der Waals surface area contributed by atoms with E-state index in [-0.39, 0.29) is 27.5 Å².